The number of hydrogen-bond donors (Lipinski definition) is 1. The van der Waals surface area contributed by atoms with E-state index < -0.39 is 16.8 Å². The Morgan fingerprint density at radius 3 is 1.59 bits per heavy atom. The van der Waals surface area contributed by atoms with Gasteiger partial charge in [0.1, 0.15) is 6.04 Å². The molecule has 0 fully saturated rings. The third-order valence-corrected chi connectivity index (χ3v) is 8.44. The third-order valence-electron chi connectivity index (χ3n) is 6.89. The van der Waals surface area contributed by atoms with Gasteiger partial charge in [-0.2, -0.15) is 0 Å². The van der Waals surface area contributed by atoms with Crippen LogP contribution in [0.3, 0.4) is 0 Å². The molecule has 4 rings (SSSR count). The molecule has 4 aromatic rings. The fourth-order valence-electron chi connectivity index (χ4n) is 5.07. The molecule has 1 atom stereocenters. The lowest BCUT2D eigenvalue weighted by molar-refractivity contribution is -0.150. The quantitative estimate of drug-likeness (QED) is 0.186. The van der Waals surface area contributed by atoms with E-state index in [-0.39, 0.29) is 18.7 Å². The number of aliphatic carboxylic acids is 1. The summed E-state index contributed by atoms with van der Waals surface area (Å²) >= 11 is 1.72. The maximum absolute atomic E-state index is 13.6. The number of benzene rings is 4. The standard InChI is InChI=1S/C34H35NO3S/c1-2-24-35(31(33(37)38)26-27-15-7-3-8-16-27)32(36)23-25-39-34(28-17-9-4-10-18-28,29-19-11-5-12-20-29)30-21-13-6-14-22-30/h3-22,31H,2,23-26H2,1H3,(H,37,38). The van der Waals surface area contributed by atoms with E-state index in [0.717, 1.165) is 22.3 Å². The Kier molecular flexibility index (Phi) is 9.98. The highest BCUT2D eigenvalue weighted by molar-refractivity contribution is 8.00. The summed E-state index contributed by atoms with van der Waals surface area (Å²) in [6.45, 7) is 2.39. The summed E-state index contributed by atoms with van der Waals surface area (Å²) in [5.41, 5.74) is 4.32. The average Bonchev–Trinajstić information content (AvgIpc) is 2.99. The summed E-state index contributed by atoms with van der Waals surface area (Å²) in [5.74, 6) is -0.564. The van der Waals surface area contributed by atoms with Crippen molar-refractivity contribution in [1.82, 2.24) is 4.90 Å². The molecule has 0 aliphatic heterocycles. The van der Waals surface area contributed by atoms with E-state index in [2.05, 4.69) is 36.4 Å². The van der Waals surface area contributed by atoms with E-state index in [0.29, 0.717) is 18.7 Å². The van der Waals surface area contributed by atoms with Crippen molar-refractivity contribution >= 4 is 23.6 Å². The van der Waals surface area contributed by atoms with Crippen LogP contribution in [0.4, 0.5) is 0 Å². The number of carboxylic acid groups (broad SMARTS) is 1. The van der Waals surface area contributed by atoms with Crippen LogP contribution in [0, 0.1) is 0 Å². The van der Waals surface area contributed by atoms with Crippen molar-refractivity contribution in [3.63, 3.8) is 0 Å². The van der Waals surface area contributed by atoms with Crippen LogP contribution in [-0.2, 0) is 20.8 Å². The second-order valence-corrected chi connectivity index (χ2v) is 10.8. The second-order valence-electron chi connectivity index (χ2n) is 9.51. The Morgan fingerprint density at radius 1 is 0.744 bits per heavy atom. The van der Waals surface area contributed by atoms with Gasteiger partial charge < -0.3 is 10.0 Å². The van der Waals surface area contributed by atoms with E-state index in [1.54, 1.807) is 16.7 Å². The lowest BCUT2D eigenvalue weighted by atomic mass is 9.84. The minimum atomic E-state index is -0.972. The van der Waals surface area contributed by atoms with Crippen LogP contribution in [0.25, 0.3) is 0 Å². The molecule has 0 radical (unpaired) electrons. The Labute approximate surface area is 235 Å². The highest BCUT2D eigenvalue weighted by Crippen LogP contribution is 2.48. The van der Waals surface area contributed by atoms with Crippen molar-refractivity contribution in [2.45, 2.75) is 37.0 Å². The summed E-state index contributed by atoms with van der Waals surface area (Å²) in [7, 11) is 0. The van der Waals surface area contributed by atoms with Gasteiger partial charge in [-0.1, -0.05) is 128 Å². The van der Waals surface area contributed by atoms with Gasteiger partial charge in [-0.05, 0) is 28.7 Å². The molecule has 0 bridgehead atoms. The smallest absolute Gasteiger partial charge is 0.326 e. The molecular weight excluding hydrogens is 502 g/mol. The van der Waals surface area contributed by atoms with E-state index in [9.17, 15) is 14.7 Å². The van der Waals surface area contributed by atoms with E-state index in [4.69, 9.17) is 0 Å². The van der Waals surface area contributed by atoms with Gasteiger partial charge in [-0.15, -0.1) is 11.8 Å². The fourth-order valence-corrected chi connectivity index (χ4v) is 6.56. The molecule has 0 spiro atoms. The van der Waals surface area contributed by atoms with Crippen molar-refractivity contribution in [1.29, 1.82) is 0 Å². The van der Waals surface area contributed by atoms with Crippen LogP contribution >= 0.6 is 11.8 Å². The molecule has 0 aromatic heterocycles. The molecule has 0 heterocycles. The number of rotatable bonds is 13. The number of carbonyl (C=O) groups excluding carboxylic acids is 1. The molecule has 0 aliphatic carbocycles. The lowest BCUT2D eigenvalue weighted by Gasteiger charge is -2.36. The number of amides is 1. The zero-order valence-electron chi connectivity index (χ0n) is 22.3. The largest absolute Gasteiger partial charge is 0.480 e. The van der Waals surface area contributed by atoms with E-state index in [1.807, 2.05) is 91.9 Å². The summed E-state index contributed by atoms with van der Waals surface area (Å²) in [5, 5.41) is 10.1. The first-order valence-electron chi connectivity index (χ1n) is 13.4. The van der Waals surface area contributed by atoms with Crippen LogP contribution in [0.15, 0.2) is 121 Å². The van der Waals surface area contributed by atoms with Crippen molar-refractivity contribution < 1.29 is 14.7 Å². The molecule has 1 unspecified atom stereocenters. The van der Waals surface area contributed by atoms with Crippen LogP contribution in [0.2, 0.25) is 0 Å². The van der Waals surface area contributed by atoms with Gasteiger partial charge in [0.2, 0.25) is 5.91 Å². The molecule has 0 saturated heterocycles. The predicted octanol–water partition coefficient (Wildman–Crippen LogP) is 7.04. The molecule has 200 valence electrons. The monoisotopic (exact) mass is 537 g/mol. The molecule has 0 aliphatic rings. The number of carbonyl (C=O) groups is 2. The number of nitrogens with zero attached hydrogens (tertiary/aromatic N) is 1. The highest BCUT2D eigenvalue weighted by Gasteiger charge is 2.37. The first-order chi connectivity index (χ1) is 19.1. The third kappa shape index (κ3) is 6.79. The highest BCUT2D eigenvalue weighted by atomic mass is 32.2. The summed E-state index contributed by atoms with van der Waals surface area (Å²) < 4.78 is -0.518. The Morgan fingerprint density at radius 2 is 1.18 bits per heavy atom. The van der Waals surface area contributed by atoms with E-state index >= 15 is 0 Å². The van der Waals surface area contributed by atoms with Crippen molar-refractivity contribution in [3.8, 4) is 0 Å². The Balaban J connectivity index is 1.62. The van der Waals surface area contributed by atoms with Gasteiger partial charge >= 0.3 is 5.97 Å². The van der Waals surface area contributed by atoms with Gasteiger partial charge in [0.05, 0.1) is 4.75 Å². The first kappa shape index (κ1) is 28.2. The number of thioether (sulfide) groups is 1. The maximum atomic E-state index is 13.6. The van der Waals surface area contributed by atoms with E-state index in [1.165, 1.54) is 0 Å². The zero-order valence-corrected chi connectivity index (χ0v) is 23.1. The summed E-state index contributed by atoms with van der Waals surface area (Å²) in [6, 6.07) is 39.8. The van der Waals surface area contributed by atoms with Gasteiger partial charge in [0.15, 0.2) is 0 Å². The van der Waals surface area contributed by atoms with Crippen LogP contribution in [0.1, 0.15) is 42.0 Å². The maximum Gasteiger partial charge on any atom is 0.326 e. The Bertz CT molecular complexity index is 1220. The summed E-state index contributed by atoms with van der Waals surface area (Å²) in [4.78, 5) is 27.5. The molecule has 1 amide bonds. The van der Waals surface area contributed by atoms with Crippen LogP contribution in [-0.4, -0.2) is 40.2 Å². The van der Waals surface area contributed by atoms with Crippen molar-refractivity contribution in [2.24, 2.45) is 0 Å². The molecule has 39 heavy (non-hydrogen) atoms. The number of hydrogen-bond acceptors (Lipinski definition) is 3. The van der Waals surface area contributed by atoms with Gasteiger partial charge in [0.25, 0.3) is 0 Å². The fraction of sp³-hybridized carbons (Fsp3) is 0.235. The minimum absolute atomic E-state index is 0.129. The van der Waals surface area contributed by atoms with Crippen molar-refractivity contribution in [2.75, 3.05) is 12.3 Å². The molecular formula is C34H35NO3S. The molecule has 5 heteroatoms. The van der Waals surface area contributed by atoms with Crippen molar-refractivity contribution in [3.05, 3.63) is 144 Å². The molecule has 1 N–H and O–H groups in total. The molecule has 0 saturated carbocycles. The number of carboxylic acids is 1. The predicted molar refractivity (Wildman–Crippen MR) is 160 cm³/mol. The van der Waals surface area contributed by atoms with Gasteiger partial charge in [0, 0.05) is 25.1 Å². The van der Waals surface area contributed by atoms with Gasteiger partial charge in [-0.3, -0.25) is 4.79 Å². The van der Waals surface area contributed by atoms with Crippen LogP contribution in [0.5, 0.6) is 0 Å². The molecule has 4 aromatic carbocycles. The lowest BCUT2D eigenvalue weighted by Crippen LogP contribution is -2.47. The van der Waals surface area contributed by atoms with Crippen LogP contribution < -0.4 is 0 Å². The minimum Gasteiger partial charge on any atom is -0.480 e. The van der Waals surface area contributed by atoms with Gasteiger partial charge in [-0.25, -0.2) is 4.79 Å². The topological polar surface area (TPSA) is 57.6 Å². The second kappa shape index (κ2) is 13.8. The first-order valence-corrected chi connectivity index (χ1v) is 14.4. The summed E-state index contributed by atoms with van der Waals surface area (Å²) in [6.07, 6.45) is 1.23. The normalized spacial score (nSPS) is 12.0. The Hall–Kier alpha value is -3.83. The average molecular weight is 538 g/mol. The zero-order chi connectivity index (χ0) is 27.5. The SMILES string of the molecule is CCCN(C(=O)CCSC(c1ccccc1)(c1ccccc1)c1ccccc1)C(Cc1ccccc1)C(=O)O. The molecule has 4 nitrogen and oxygen atoms in total.